The quantitative estimate of drug-likeness (QED) is 0.651. The fourth-order valence-corrected chi connectivity index (χ4v) is 2.09. The van der Waals surface area contributed by atoms with E-state index in [1.807, 2.05) is 6.20 Å². The highest BCUT2D eigenvalue weighted by atomic mass is 35.5. The molecular weight excluding hydrogens is 262 g/mol. The van der Waals surface area contributed by atoms with Gasteiger partial charge in [-0.25, -0.2) is 9.97 Å². The van der Waals surface area contributed by atoms with E-state index in [0.717, 1.165) is 49.4 Å². The van der Waals surface area contributed by atoms with Crippen LogP contribution in [-0.2, 0) is 19.4 Å². The molecule has 0 fully saturated rings. The zero-order valence-corrected chi connectivity index (χ0v) is 11.9. The summed E-state index contributed by atoms with van der Waals surface area (Å²) in [4.78, 5) is 14.7. The molecular formula is C13H20ClN5. The van der Waals surface area contributed by atoms with Gasteiger partial charge in [0.25, 0.3) is 0 Å². The number of aromatic amines is 2. The summed E-state index contributed by atoms with van der Waals surface area (Å²) < 4.78 is 0. The third kappa shape index (κ3) is 4.36. The summed E-state index contributed by atoms with van der Waals surface area (Å²) in [5.74, 6) is 0.984. The van der Waals surface area contributed by atoms with Gasteiger partial charge in [-0.3, -0.25) is 0 Å². The van der Waals surface area contributed by atoms with Gasteiger partial charge in [0.2, 0.25) is 0 Å². The van der Waals surface area contributed by atoms with Gasteiger partial charge in [-0.2, -0.15) is 0 Å². The lowest BCUT2D eigenvalue weighted by Crippen LogP contribution is -2.17. The lowest BCUT2D eigenvalue weighted by molar-refractivity contribution is 0.669. The zero-order valence-electron chi connectivity index (χ0n) is 11.2. The number of aromatic nitrogens is 4. The molecule has 0 aliphatic carbocycles. The first kappa shape index (κ1) is 14.1. The van der Waals surface area contributed by atoms with Crippen LogP contribution in [0, 0.1) is 0 Å². The van der Waals surface area contributed by atoms with Gasteiger partial charge in [-0.1, -0.05) is 24.9 Å². The van der Waals surface area contributed by atoms with Crippen molar-refractivity contribution in [1.82, 2.24) is 25.3 Å². The second-order valence-corrected chi connectivity index (χ2v) is 4.92. The van der Waals surface area contributed by atoms with E-state index >= 15 is 0 Å². The highest BCUT2D eigenvalue weighted by molar-refractivity contribution is 6.30. The van der Waals surface area contributed by atoms with Crippen LogP contribution in [0.1, 0.15) is 37.0 Å². The standard InChI is InChI=1S/C13H20ClN5/c1-2-3-4-12-18-11(13(14)19-12)8-15-6-5-10-7-16-9-17-10/h7,9,15H,2-6,8H2,1H3,(H,16,17)(H,18,19). The summed E-state index contributed by atoms with van der Waals surface area (Å²) in [5.41, 5.74) is 2.10. The smallest absolute Gasteiger partial charge is 0.151 e. The second kappa shape index (κ2) is 7.31. The molecule has 0 bridgehead atoms. The van der Waals surface area contributed by atoms with Crippen LogP contribution in [0.4, 0.5) is 0 Å². The fourth-order valence-electron chi connectivity index (χ4n) is 1.88. The number of hydrogen-bond acceptors (Lipinski definition) is 3. The lowest BCUT2D eigenvalue weighted by atomic mass is 10.2. The van der Waals surface area contributed by atoms with Crippen molar-refractivity contribution in [3.05, 3.63) is 34.9 Å². The van der Waals surface area contributed by atoms with Gasteiger partial charge in [0.1, 0.15) is 5.82 Å². The van der Waals surface area contributed by atoms with E-state index in [4.69, 9.17) is 11.6 Å². The molecule has 0 aliphatic rings. The van der Waals surface area contributed by atoms with Crippen molar-refractivity contribution in [2.45, 2.75) is 39.2 Å². The molecule has 2 aromatic heterocycles. The zero-order chi connectivity index (χ0) is 13.5. The van der Waals surface area contributed by atoms with Gasteiger partial charge in [-0.05, 0) is 6.42 Å². The van der Waals surface area contributed by atoms with Crippen molar-refractivity contribution in [2.24, 2.45) is 0 Å². The van der Waals surface area contributed by atoms with Gasteiger partial charge < -0.3 is 15.3 Å². The molecule has 0 radical (unpaired) electrons. The van der Waals surface area contributed by atoms with Crippen molar-refractivity contribution in [2.75, 3.05) is 6.54 Å². The molecule has 0 aliphatic heterocycles. The minimum Gasteiger partial charge on any atom is -0.348 e. The average molecular weight is 282 g/mol. The van der Waals surface area contributed by atoms with E-state index in [1.54, 1.807) is 6.33 Å². The van der Waals surface area contributed by atoms with Crippen molar-refractivity contribution in [3.8, 4) is 0 Å². The van der Waals surface area contributed by atoms with Crippen LogP contribution >= 0.6 is 11.6 Å². The first-order valence-corrected chi connectivity index (χ1v) is 7.08. The molecule has 6 heteroatoms. The number of H-pyrrole nitrogens is 2. The molecule has 2 aromatic rings. The summed E-state index contributed by atoms with van der Waals surface area (Å²) in [5, 5.41) is 3.93. The number of halogens is 1. The van der Waals surface area contributed by atoms with Gasteiger partial charge >= 0.3 is 0 Å². The number of nitrogens with zero attached hydrogens (tertiary/aromatic N) is 2. The Labute approximate surface area is 118 Å². The normalized spacial score (nSPS) is 11.1. The van der Waals surface area contributed by atoms with E-state index in [0.29, 0.717) is 11.7 Å². The molecule has 0 amide bonds. The number of rotatable bonds is 8. The van der Waals surface area contributed by atoms with Crippen molar-refractivity contribution in [3.63, 3.8) is 0 Å². The van der Waals surface area contributed by atoms with Gasteiger partial charge in [0, 0.05) is 37.8 Å². The number of aryl methyl sites for hydroxylation is 1. The highest BCUT2D eigenvalue weighted by Gasteiger charge is 2.07. The Morgan fingerprint density at radius 1 is 1.37 bits per heavy atom. The average Bonchev–Trinajstić information content (AvgIpc) is 3.02. The molecule has 0 atom stereocenters. The predicted octanol–water partition coefficient (Wildman–Crippen LogP) is 2.46. The largest absolute Gasteiger partial charge is 0.348 e. The fraction of sp³-hybridized carbons (Fsp3) is 0.538. The maximum Gasteiger partial charge on any atom is 0.151 e. The van der Waals surface area contributed by atoms with Crippen LogP contribution in [0.2, 0.25) is 5.15 Å². The molecule has 2 heterocycles. The van der Waals surface area contributed by atoms with Crippen LogP contribution in [-0.4, -0.2) is 26.5 Å². The summed E-state index contributed by atoms with van der Waals surface area (Å²) in [6, 6.07) is 0. The molecule has 5 nitrogen and oxygen atoms in total. The molecule has 0 unspecified atom stereocenters. The molecule has 0 saturated carbocycles. The molecule has 19 heavy (non-hydrogen) atoms. The summed E-state index contributed by atoms with van der Waals surface area (Å²) in [6.07, 6.45) is 7.72. The predicted molar refractivity (Wildman–Crippen MR) is 76.2 cm³/mol. The third-order valence-electron chi connectivity index (χ3n) is 2.97. The number of hydrogen-bond donors (Lipinski definition) is 3. The summed E-state index contributed by atoms with van der Waals surface area (Å²) >= 11 is 6.10. The molecule has 0 spiro atoms. The molecule has 0 aromatic carbocycles. The Bertz CT molecular complexity index is 477. The Balaban J connectivity index is 1.74. The minimum absolute atomic E-state index is 0.583. The van der Waals surface area contributed by atoms with Crippen LogP contribution in [0.3, 0.4) is 0 Å². The Kier molecular flexibility index (Phi) is 5.42. The van der Waals surface area contributed by atoms with Crippen LogP contribution in [0.15, 0.2) is 12.5 Å². The molecule has 0 saturated heterocycles. The first-order chi connectivity index (χ1) is 9.29. The van der Waals surface area contributed by atoms with E-state index < -0.39 is 0 Å². The minimum atomic E-state index is 0.583. The highest BCUT2D eigenvalue weighted by Crippen LogP contribution is 2.13. The molecule has 3 N–H and O–H groups in total. The molecule has 104 valence electrons. The third-order valence-corrected chi connectivity index (χ3v) is 3.28. The maximum atomic E-state index is 6.10. The number of nitrogens with one attached hydrogen (secondary N) is 3. The number of unbranched alkanes of at least 4 members (excludes halogenated alkanes) is 1. The topological polar surface area (TPSA) is 69.4 Å². The van der Waals surface area contributed by atoms with Gasteiger partial charge in [0.05, 0.1) is 12.0 Å². The summed E-state index contributed by atoms with van der Waals surface area (Å²) in [7, 11) is 0. The van der Waals surface area contributed by atoms with E-state index in [-0.39, 0.29) is 0 Å². The summed E-state index contributed by atoms with van der Waals surface area (Å²) in [6.45, 7) is 3.76. The lowest BCUT2D eigenvalue weighted by Gasteiger charge is -2.02. The van der Waals surface area contributed by atoms with Gasteiger partial charge in [0.15, 0.2) is 5.15 Å². The van der Waals surface area contributed by atoms with E-state index in [2.05, 4.69) is 32.2 Å². The maximum absolute atomic E-state index is 6.10. The van der Waals surface area contributed by atoms with Crippen molar-refractivity contribution in [1.29, 1.82) is 0 Å². The van der Waals surface area contributed by atoms with Crippen molar-refractivity contribution < 1.29 is 0 Å². The SMILES string of the molecule is CCCCc1nc(Cl)c(CNCCc2cnc[nH]2)[nH]1. The van der Waals surface area contributed by atoms with E-state index in [1.165, 1.54) is 0 Å². The monoisotopic (exact) mass is 281 g/mol. The second-order valence-electron chi connectivity index (χ2n) is 4.56. The van der Waals surface area contributed by atoms with Crippen LogP contribution < -0.4 is 5.32 Å². The van der Waals surface area contributed by atoms with Gasteiger partial charge in [-0.15, -0.1) is 0 Å². The first-order valence-electron chi connectivity index (χ1n) is 6.70. The van der Waals surface area contributed by atoms with E-state index in [9.17, 15) is 0 Å². The number of imidazole rings is 2. The Hall–Kier alpha value is -1.33. The van der Waals surface area contributed by atoms with Crippen LogP contribution in [0.5, 0.6) is 0 Å². The Morgan fingerprint density at radius 2 is 2.26 bits per heavy atom. The molecule has 2 rings (SSSR count). The Morgan fingerprint density at radius 3 is 3.00 bits per heavy atom. The van der Waals surface area contributed by atoms with Crippen LogP contribution in [0.25, 0.3) is 0 Å². The van der Waals surface area contributed by atoms with Crippen molar-refractivity contribution >= 4 is 11.6 Å².